The van der Waals surface area contributed by atoms with Gasteiger partial charge in [0.15, 0.2) is 0 Å². The summed E-state index contributed by atoms with van der Waals surface area (Å²) >= 11 is 2.55. The summed E-state index contributed by atoms with van der Waals surface area (Å²) in [4.78, 5) is 24.5. The maximum absolute atomic E-state index is 13.2. The van der Waals surface area contributed by atoms with Crippen LogP contribution in [0, 0.1) is 13.8 Å². The van der Waals surface area contributed by atoms with Gasteiger partial charge in [-0.05, 0) is 54.8 Å². The molecule has 0 bridgehead atoms. The van der Waals surface area contributed by atoms with E-state index in [1.54, 1.807) is 26.0 Å². The van der Waals surface area contributed by atoms with Gasteiger partial charge in [-0.25, -0.2) is 9.59 Å². The molecule has 1 N–H and O–H groups in total. The number of aromatic hydroxyl groups is 1. The van der Waals surface area contributed by atoms with E-state index < -0.39 is 40.6 Å². The first-order valence-electron chi connectivity index (χ1n) is 8.65. The third kappa shape index (κ3) is 6.09. The molecule has 2 rings (SSSR count). The fourth-order valence-corrected chi connectivity index (χ4v) is 2.90. The predicted octanol–water partition coefficient (Wildman–Crippen LogP) is 4.98. The molecule has 2 aromatic rings. The summed E-state index contributed by atoms with van der Waals surface area (Å²) in [5.41, 5.74) is 0.412. The van der Waals surface area contributed by atoms with Crippen molar-refractivity contribution in [1.82, 2.24) is 0 Å². The highest BCUT2D eigenvalue weighted by Crippen LogP contribution is 2.37. The minimum atomic E-state index is -5.59. The fraction of sp³-hybridized carbons (Fsp3) is 0.300. The number of phenols is 1. The van der Waals surface area contributed by atoms with Crippen molar-refractivity contribution >= 4 is 24.6 Å². The van der Waals surface area contributed by atoms with E-state index in [9.17, 15) is 36.6 Å². The molecule has 168 valence electrons. The fourth-order valence-electron chi connectivity index (χ4n) is 2.70. The van der Waals surface area contributed by atoms with Crippen LogP contribution in [0.2, 0.25) is 0 Å². The lowest BCUT2D eigenvalue weighted by atomic mass is 10.1. The average molecular weight is 464 g/mol. The maximum atomic E-state index is 13.2. The maximum Gasteiger partial charge on any atom is 0.432 e. The second-order valence-electron chi connectivity index (χ2n) is 6.61. The van der Waals surface area contributed by atoms with Crippen molar-refractivity contribution in [2.45, 2.75) is 38.0 Å². The van der Waals surface area contributed by atoms with Crippen LogP contribution in [-0.4, -0.2) is 34.6 Å². The zero-order valence-electron chi connectivity index (χ0n) is 16.2. The Hall–Kier alpha value is -2.82. The quantitative estimate of drug-likeness (QED) is 0.359. The molecule has 0 radical (unpaired) electrons. The van der Waals surface area contributed by atoms with Crippen LogP contribution >= 0.6 is 12.6 Å². The molecule has 11 heteroatoms. The number of carbonyl (C=O) groups is 2. The minimum absolute atomic E-state index is 0.0726. The van der Waals surface area contributed by atoms with Crippen LogP contribution in [0.3, 0.4) is 0 Å². The number of alkyl halides is 5. The van der Waals surface area contributed by atoms with E-state index >= 15 is 0 Å². The third-order valence-electron chi connectivity index (χ3n) is 4.13. The Morgan fingerprint density at radius 1 is 1.00 bits per heavy atom. The molecule has 0 aliphatic rings. The molecule has 0 saturated carbocycles. The van der Waals surface area contributed by atoms with Gasteiger partial charge in [-0.1, -0.05) is 12.1 Å². The summed E-state index contributed by atoms with van der Waals surface area (Å²) in [6.45, 7) is 2.99. The molecular weight excluding hydrogens is 447 g/mol. The Balaban J connectivity index is 2.22. The first kappa shape index (κ1) is 24.4. The molecule has 0 aliphatic heterocycles. The summed E-state index contributed by atoms with van der Waals surface area (Å²) < 4.78 is 73.9. The molecule has 0 aromatic heterocycles. The van der Waals surface area contributed by atoms with Crippen molar-refractivity contribution in [2.75, 3.05) is 0 Å². The summed E-state index contributed by atoms with van der Waals surface area (Å²) in [5, 5.41) is 5.08. The minimum Gasteiger partial charge on any atom is -0.507 e. The molecule has 0 aliphatic carbocycles. The molecule has 31 heavy (non-hydrogen) atoms. The Morgan fingerprint density at radius 2 is 1.48 bits per heavy atom. The van der Waals surface area contributed by atoms with Crippen LogP contribution < -0.4 is 0 Å². The molecule has 0 fully saturated rings. The molecule has 1 atom stereocenters. The van der Waals surface area contributed by atoms with Crippen molar-refractivity contribution in [1.29, 1.82) is 0 Å². The molecule has 0 amide bonds. The van der Waals surface area contributed by atoms with E-state index in [4.69, 9.17) is 4.74 Å². The highest BCUT2D eigenvalue weighted by molar-refractivity contribution is 7.81. The predicted molar refractivity (Wildman–Crippen MR) is 102 cm³/mol. The highest BCUT2D eigenvalue weighted by atomic mass is 32.1. The Kier molecular flexibility index (Phi) is 7.20. The van der Waals surface area contributed by atoms with Crippen molar-refractivity contribution in [3.63, 3.8) is 0 Å². The number of benzene rings is 2. The van der Waals surface area contributed by atoms with Gasteiger partial charge in [0.05, 0.1) is 11.1 Å². The number of hydrogen-bond donors (Lipinski definition) is 2. The molecule has 0 saturated heterocycles. The summed E-state index contributed by atoms with van der Waals surface area (Å²) in [7, 11) is 0. The van der Waals surface area contributed by atoms with Crippen LogP contribution in [-0.2, 0) is 16.1 Å². The number of rotatable bonds is 6. The van der Waals surface area contributed by atoms with E-state index in [2.05, 4.69) is 17.4 Å². The Bertz CT molecular complexity index is 948. The van der Waals surface area contributed by atoms with E-state index in [-0.39, 0.29) is 12.4 Å². The lowest BCUT2D eigenvalue weighted by Gasteiger charge is -2.25. The van der Waals surface area contributed by atoms with Crippen LogP contribution in [0.25, 0.3) is 0 Å². The number of ether oxygens (including phenoxy) is 2. The van der Waals surface area contributed by atoms with Crippen LogP contribution in [0.15, 0.2) is 36.4 Å². The molecule has 2 aromatic carbocycles. The highest BCUT2D eigenvalue weighted by Gasteiger charge is 2.57. The van der Waals surface area contributed by atoms with E-state index in [1.807, 2.05) is 0 Å². The lowest BCUT2D eigenvalue weighted by Crippen LogP contribution is -2.45. The van der Waals surface area contributed by atoms with Gasteiger partial charge >= 0.3 is 23.4 Å². The number of hydrogen-bond acceptors (Lipinski definition) is 6. The first-order chi connectivity index (χ1) is 14.2. The number of carbonyl (C=O) groups excluding carboxylic acids is 2. The third-order valence-corrected chi connectivity index (χ3v) is 4.36. The second kappa shape index (κ2) is 9.13. The van der Waals surface area contributed by atoms with Gasteiger partial charge in [-0.3, -0.25) is 0 Å². The SMILES string of the molecule is Cc1cc(COC(=O)c2ccccc2C(=O)OC(C(F)(F)F)C(F)(F)S)cc(C)c1O. The number of phenolic OH excluding ortho intramolecular Hbond substituents is 1. The Morgan fingerprint density at radius 3 is 1.94 bits per heavy atom. The summed E-state index contributed by atoms with van der Waals surface area (Å²) in [6, 6.07) is 7.64. The van der Waals surface area contributed by atoms with Crippen LogP contribution in [0.5, 0.6) is 5.75 Å². The van der Waals surface area contributed by atoms with Crippen molar-refractivity contribution in [2.24, 2.45) is 0 Å². The van der Waals surface area contributed by atoms with Crippen molar-refractivity contribution < 1.29 is 46.1 Å². The van der Waals surface area contributed by atoms with E-state index in [1.165, 1.54) is 12.1 Å². The lowest BCUT2D eigenvalue weighted by molar-refractivity contribution is -0.244. The van der Waals surface area contributed by atoms with Crippen LogP contribution in [0.1, 0.15) is 37.4 Å². The summed E-state index contributed by atoms with van der Waals surface area (Å²) in [5.74, 6) is -2.81. The van der Waals surface area contributed by atoms with Gasteiger partial charge in [0.2, 0.25) is 0 Å². The van der Waals surface area contributed by atoms with Crippen molar-refractivity contribution in [3.05, 3.63) is 64.2 Å². The van der Waals surface area contributed by atoms with Gasteiger partial charge < -0.3 is 14.6 Å². The average Bonchev–Trinajstić information content (AvgIpc) is 2.66. The smallest absolute Gasteiger partial charge is 0.432 e. The molecule has 0 heterocycles. The molecule has 5 nitrogen and oxygen atoms in total. The number of aryl methyl sites for hydroxylation is 2. The molecule has 0 spiro atoms. The molecular formula is C20H17F5O5S. The largest absolute Gasteiger partial charge is 0.507 e. The first-order valence-corrected chi connectivity index (χ1v) is 9.09. The second-order valence-corrected chi connectivity index (χ2v) is 7.21. The van der Waals surface area contributed by atoms with Gasteiger partial charge in [-0.15, -0.1) is 12.6 Å². The number of esters is 2. The van der Waals surface area contributed by atoms with Crippen LogP contribution in [0.4, 0.5) is 22.0 Å². The van der Waals surface area contributed by atoms with E-state index in [0.717, 1.165) is 12.1 Å². The number of thiol groups is 1. The topological polar surface area (TPSA) is 72.8 Å². The molecule has 1 unspecified atom stereocenters. The summed E-state index contributed by atoms with van der Waals surface area (Å²) in [6.07, 6.45) is -9.41. The van der Waals surface area contributed by atoms with E-state index in [0.29, 0.717) is 16.7 Å². The normalized spacial score (nSPS) is 12.9. The van der Waals surface area contributed by atoms with Gasteiger partial charge in [0.1, 0.15) is 12.4 Å². The van der Waals surface area contributed by atoms with Crippen molar-refractivity contribution in [3.8, 4) is 5.75 Å². The monoisotopic (exact) mass is 464 g/mol. The standard InChI is InChI=1S/C20H17F5O5S/c1-10-7-12(8-11(2)15(10)26)9-29-16(27)13-5-3-4-6-14(13)17(28)30-18(19(21,22)23)20(24,25)31/h3-8,18,26,31H,9H2,1-2H3. The number of halogens is 5. The Labute approximate surface area is 179 Å². The zero-order valence-corrected chi connectivity index (χ0v) is 17.1. The zero-order chi connectivity index (χ0) is 23.6. The van der Waals surface area contributed by atoms with Gasteiger partial charge in [-0.2, -0.15) is 22.0 Å². The van der Waals surface area contributed by atoms with Gasteiger partial charge in [0.25, 0.3) is 6.10 Å². The van der Waals surface area contributed by atoms with Gasteiger partial charge in [0, 0.05) is 0 Å².